The Balaban J connectivity index is 1.40. The molecule has 160 valence electrons. The highest BCUT2D eigenvalue weighted by molar-refractivity contribution is 5.81. The topological polar surface area (TPSA) is 84.5 Å². The Morgan fingerprint density at radius 2 is 1.59 bits per heavy atom. The van der Waals surface area contributed by atoms with E-state index in [2.05, 4.69) is 5.32 Å². The number of fused-ring (bicyclic) bond motifs is 3. The monoisotopic (exact) mass is 407 g/mol. The van der Waals surface area contributed by atoms with Gasteiger partial charge in [-0.1, -0.05) is 12.1 Å². The van der Waals surface area contributed by atoms with E-state index in [1.165, 1.54) is 0 Å². The predicted molar refractivity (Wildman–Crippen MR) is 102 cm³/mol. The number of benzene rings is 1. The van der Waals surface area contributed by atoms with Crippen molar-refractivity contribution >= 4 is 5.91 Å². The zero-order valence-electron chi connectivity index (χ0n) is 17.5. The quantitative estimate of drug-likeness (QED) is 0.796. The van der Waals surface area contributed by atoms with Crippen molar-refractivity contribution in [3.63, 3.8) is 0 Å². The largest absolute Gasteiger partial charge is 0.497 e. The second-order valence-corrected chi connectivity index (χ2v) is 8.48. The zero-order valence-corrected chi connectivity index (χ0v) is 17.5. The van der Waals surface area contributed by atoms with E-state index in [9.17, 15) is 4.79 Å². The molecule has 8 nitrogen and oxygen atoms in total. The van der Waals surface area contributed by atoms with Crippen molar-refractivity contribution in [1.29, 1.82) is 0 Å². The lowest BCUT2D eigenvalue weighted by Crippen LogP contribution is -2.59. The lowest BCUT2D eigenvalue weighted by Gasteiger charge is -2.36. The molecule has 3 aliphatic heterocycles. The van der Waals surface area contributed by atoms with Crippen molar-refractivity contribution in [2.24, 2.45) is 0 Å². The van der Waals surface area contributed by atoms with Crippen LogP contribution in [-0.2, 0) is 34.9 Å². The molecule has 1 aromatic carbocycles. The molecule has 1 N–H and O–H groups in total. The number of hydrogen-bond donors (Lipinski definition) is 1. The highest BCUT2D eigenvalue weighted by Gasteiger charge is 2.62. The van der Waals surface area contributed by atoms with Gasteiger partial charge in [-0.05, 0) is 51.8 Å². The number of methoxy groups -OCH3 is 1. The molecule has 3 heterocycles. The van der Waals surface area contributed by atoms with Gasteiger partial charge in [0.2, 0.25) is 0 Å². The molecule has 0 aromatic heterocycles. The fraction of sp³-hybridized carbons (Fsp3) is 0.667. The Bertz CT molecular complexity index is 748. The van der Waals surface area contributed by atoms with Crippen molar-refractivity contribution in [2.45, 2.75) is 76.4 Å². The summed E-state index contributed by atoms with van der Waals surface area (Å²) in [4.78, 5) is 12.9. The Morgan fingerprint density at radius 1 is 0.966 bits per heavy atom. The van der Waals surface area contributed by atoms with Crippen LogP contribution in [0.5, 0.6) is 5.75 Å². The van der Waals surface area contributed by atoms with E-state index in [4.69, 9.17) is 28.4 Å². The van der Waals surface area contributed by atoms with Crippen LogP contribution in [0.2, 0.25) is 0 Å². The molecule has 0 aliphatic carbocycles. The van der Waals surface area contributed by atoms with Gasteiger partial charge in [-0.15, -0.1) is 0 Å². The van der Waals surface area contributed by atoms with Crippen molar-refractivity contribution in [2.75, 3.05) is 13.7 Å². The average molecular weight is 407 g/mol. The number of ether oxygens (including phenoxy) is 6. The van der Waals surface area contributed by atoms with Gasteiger partial charge >= 0.3 is 0 Å². The smallest absolute Gasteiger partial charge is 0.252 e. The van der Waals surface area contributed by atoms with Crippen LogP contribution in [0, 0.1) is 0 Å². The maximum Gasteiger partial charge on any atom is 0.252 e. The Labute approximate surface area is 170 Å². The van der Waals surface area contributed by atoms with Crippen LogP contribution >= 0.6 is 0 Å². The molecular formula is C21H29NO7. The van der Waals surface area contributed by atoms with Crippen molar-refractivity contribution in [3.8, 4) is 5.75 Å². The highest BCUT2D eigenvalue weighted by Crippen LogP contribution is 2.44. The molecule has 1 aromatic rings. The van der Waals surface area contributed by atoms with Crippen LogP contribution in [-0.4, -0.2) is 61.8 Å². The summed E-state index contributed by atoms with van der Waals surface area (Å²) in [6, 6.07) is 7.75. The molecule has 0 bridgehead atoms. The molecule has 3 fully saturated rings. The number of carbonyl (C=O) groups is 1. The van der Waals surface area contributed by atoms with E-state index >= 15 is 0 Å². The first-order valence-corrected chi connectivity index (χ1v) is 9.95. The summed E-state index contributed by atoms with van der Waals surface area (Å²) >= 11 is 0. The molecule has 3 aliphatic rings. The standard InChI is InChI=1S/C21H29NO7/c1-20(2)26-14-15(27-20)17-19(29-21(3,4)28-17)25-16(14)18(23)22-11-10-12-6-8-13(24-5)9-7-12/h6-9,14-17,19H,10-11H2,1-5H3,(H,22,23)/t14-,15+,16-,17+,19-/m0/s1. The first-order valence-electron chi connectivity index (χ1n) is 9.95. The summed E-state index contributed by atoms with van der Waals surface area (Å²) in [5.74, 6) is -1.08. The number of carbonyl (C=O) groups excluding carboxylic acids is 1. The molecule has 5 atom stereocenters. The van der Waals surface area contributed by atoms with Crippen molar-refractivity contribution in [1.82, 2.24) is 5.32 Å². The molecule has 29 heavy (non-hydrogen) atoms. The molecular weight excluding hydrogens is 378 g/mol. The van der Waals surface area contributed by atoms with Crippen LogP contribution in [0.3, 0.4) is 0 Å². The Hall–Kier alpha value is -1.71. The van der Waals surface area contributed by atoms with E-state index in [1.54, 1.807) is 7.11 Å². The SMILES string of the molecule is COc1ccc(CCNC(=O)[C@H]2O[C@H]3OC(C)(C)O[C@@H]3[C@@H]3OC(C)(C)O[C@@H]32)cc1. The van der Waals surface area contributed by atoms with Gasteiger partial charge in [0, 0.05) is 6.54 Å². The first kappa shape index (κ1) is 20.6. The molecule has 0 radical (unpaired) electrons. The predicted octanol–water partition coefficient (Wildman–Crippen LogP) is 1.75. The first-order chi connectivity index (χ1) is 13.7. The van der Waals surface area contributed by atoms with Gasteiger partial charge in [0.15, 0.2) is 24.0 Å². The number of nitrogens with one attached hydrogen (secondary N) is 1. The van der Waals surface area contributed by atoms with Crippen molar-refractivity contribution in [3.05, 3.63) is 29.8 Å². The van der Waals surface area contributed by atoms with Crippen LogP contribution in [0.1, 0.15) is 33.3 Å². The second-order valence-electron chi connectivity index (χ2n) is 8.48. The molecule has 1 amide bonds. The van der Waals surface area contributed by atoms with Gasteiger partial charge in [0.1, 0.15) is 24.1 Å². The average Bonchev–Trinajstić information content (AvgIpc) is 3.15. The lowest BCUT2D eigenvalue weighted by atomic mass is 9.98. The number of rotatable bonds is 5. The Kier molecular flexibility index (Phi) is 5.33. The van der Waals surface area contributed by atoms with Gasteiger partial charge in [-0.3, -0.25) is 4.79 Å². The summed E-state index contributed by atoms with van der Waals surface area (Å²) < 4.78 is 34.9. The minimum absolute atomic E-state index is 0.249. The fourth-order valence-corrected chi connectivity index (χ4v) is 4.05. The minimum Gasteiger partial charge on any atom is -0.497 e. The Morgan fingerprint density at radius 3 is 2.28 bits per heavy atom. The van der Waals surface area contributed by atoms with E-state index in [-0.39, 0.29) is 5.91 Å². The van der Waals surface area contributed by atoms with Crippen LogP contribution in [0.4, 0.5) is 0 Å². The molecule has 8 heteroatoms. The summed E-state index contributed by atoms with van der Waals surface area (Å²) in [7, 11) is 1.63. The van der Waals surface area contributed by atoms with Gasteiger partial charge < -0.3 is 33.7 Å². The van der Waals surface area contributed by atoms with Crippen LogP contribution in [0.25, 0.3) is 0 Å². The normalized spacial score (nSPS) is 34.3. The molecule has 4 rings (SSSR count). The summed E-state index contributed by atoms with van der Waals surface area (Å²) in [5, 5.41) is 2.94. The fourth-order valence-electron chi connectivity index (χ4n) is 4.05. The summed E-state index contributed by atoms with van der Waals surface area (Å²) in [5.41, 5.74) is 1.10. The highest BCUT2D eigenvalue weighted by atomic mass is 16.9. The molecule has 0 unspecified atom stereocenters. The molecule has 0 spiro atoms. The maximum absolute atomic E-state index is 12.9. The number of amides is 1. The summed E-state index contributed by atoms with van der Waals surface area (Å²) in [6.45, 7) is 7.74. The van der Waals surface area contributed by atoms with Crippen LogP contribution < -0.4 is 10.1 Å². The van der Waals surface area contributed by atoms with Gasteiger partial charge in [0.25, 0.3) is 5.91 Å². The minimum atomic E-state index is -0.837. The van der Waals surface area contributed by atoms with Gasteiger partial charge in [0.05, 0.1) is 7.11 Å². The second kappa shape index (κ2) is 7.52. The lowest BCUT2D eigenvalue weighted by molar-refractivity contribution is -0.231. The molecule has 0 saturated carbocycles. The molecule has 3 saturated heterocycles. The van der Waals surface area contributed by atoms with E-state index in [0.717, 1.165) is 11.3 Å². The third kappa shape index (κ3) is 4.27. The van der Waals surface area contributed by atoms with E-state index in [1.807, 2.05) is 52.0 Å². The maximum atomic E-state index is 12.9. The van der Waals surface area contributed by atoms with E-state index < -0.39 is 42.3 Å². The summed E-state index contributed by atoms with van der Waals surface area (Å²) in [6.07, 6.45) is -2.27. The van der Waals surface area contributed by atoms with E-state index in [0.29, 0.717) is 13.0 Å². The van der Waals surface area contributed by atoms with Crippen LogP contribution in [0.15, 0.2) is 24.3 Å². The zero-order chi connectivity index (χ0) is 20.8. The number of hydrogen-bond acceptors (Lipinski definition) is 7. The van der Waals surface area contributed by atoms with Gasteiger partial charge in [-0.2, -0.15) is 0 Å². The van der Waals surface area contributed by atoms with Gasteiger partial charge in [-0.25, -0.2) is 0 Å². The van der Waals surface area contributed by atoms with Crippen molar-refractivity contribution < 1.29 is 33.2 Å². The third-order valence-electron chi connectivity index (χ3n) is 5.29. The third-order valence-corrected chi connectivity index (χ3v) is 5.29.